The number of benzene rings is 1. The highest BCUT2D eigenvalue weighted by atomic mass is 16.5. The van der Waals surface area contributed by atoms with Gasteiger partial charge in [0, 0.05) is 30.9 Å². The van der Waals surface area contributed by atoms with Gasteiger partial charge in [0.25, 0.3) is 0 Å². The number of rotatable bonds is 5. The van der Waals surface area contributed by atoms with Crippen molar-refractivity contribution >= 4 is 5.78 Å². The molecular weight excluding hydrogens is 240 g/mol. The maximum Gasteiger partial charge on any atom is 0.163 e. The first-order valence-corrected chi connectivity index (χ1v) is 6.26. The monoisotopic (exact) mass is 258 g/mol. The van der Waals surface area contributed by atoms with Crippen LogP contribution in [-0.2, 0) is 13.5 Å². The molecular formula is C15H18N2O2. The van der Waals surface area contributed by atoms with Crippen LogP contribution in [0.1, 0.15) is 28.0 Å². The first-order chi connectivity index (χ1) is 9.11. The maximum absolute atomic E-state index is 12.1. The Morgan fingerprint density at radius 3 is 2.74 bits per heavy atom. The molecule has 0 aliphatic heterocycles. The summed E-state index contributed by atoms with van der Waals surface area (Å²) in [6.07, 6.45) is 2.95. The van der Waals surface area contributed by atoms with Gasteiger partial charge >= 0.3 is 0 Å². The number of nitrogens with zero attached hydrogens (tertiary/aromatic N) is 2. The number of ether oxygens (including phenoxy) is 1. The first-order valence-electron chi connectivity index (χ1n) is 6.26. The van der Waals surface area contributed by atoms with E-state index in [1.807, 2.05) is 38.2 Å². The zero-order valence-corrected chi connectivity index (χ0v) is 11.5. The molecule has 1 aromatic heterocycles. The van der Waals surface area contributed by atoms with E-state index in [1.165, 1.54) is 0 Å². The molecule has 4 nitrogen and oxygen atoms in total. The normalized spacial score (nSPS) is 10.5. The molecule has 2 rings (SSSR count). The number of ketones is 1. The number of carbonyl (C=O) groups excluding carboxylic acids is 1. The fourth-order valence-electron chi connectivity index (χ4n) is 2.08. The van der Waals surface area contributed by atoms with Crippen LogP contribution in [0.25, 0.3) is 0 Å². The Kier molecular flexibility index (Phi) is 4.00. The fourth-order valence-corrected chi connectivity index (χ4v) is 2.08. The summed E-state index contributed by atoms with van der Waals surface area (Å²) in [4.78, 5) is 12.1. The molecule has 0 saturated heterocycles. The lowest BCUT2D eigenvalue weighted by Gasteiger charge is -2.07. The second-order valence-corrected chi connectivity index (χ2v) is 4.55. The molecule has 100 valence electrons. The van der Waals surface area contributed by atoms with Gasteiger partial charge in [-0.15, -0.1) is 0 Å². The molecule has 0 bridgehead atoms. The Morgan fingerprint density at radius 1 is 1.37 bits per heavy atom. The van der Waals surface area contributed by atoms with E-state index in [-0.39, 0.29) is 5.78 Å². The first kappa shape index (κ1) is 13.3. The van der Waals surface area contributed by atoms with Crippen molar-refractivity contribution in [2.75, 3.05) is 7.11 Å². The number of hydrogen-bond donors (Lipinski definition) is 0. The van der Waals surface area contributed by atoms with Gasteiger partial charge in [0.1, 0.15) is 5.75 Å². The molecule has 0 aliphatic carbocycles. The maximum atomic E-state index is 12.1. The number of hydrogen-bond acceptors (Lipinski definition) is 3. The van der Waals surface area contributed by atoms with Crippen molar-refractivity contribution in [3.8, 4) is 5.75 Å². The van der Waals surface area contributed by atoms with Crippen LogP contribution in [0.15, 0.2) is 30.5 Å². The van der Waals surface area contributed by atoms with Crippen molar-refractivity contribution in [3.63, 3.8) is 0 Å². The molecule has 0 atom stereocenters. The number of aromatic nitrogens is 2. The molecule has 0 saturated carbocycles. The highest BCUT2D eigenvalue weighted by Gasteiger charge is 2.09. The van der Waals surface area contributed by atoms with Crippen LogP contribution in [0.2, 0.25) is 0 Å². The molecule has 1 heterocycles. The van der Waals surface area contributed by atoms with E-state index in [4.69, 9.17) is 4.74 Å². The van der Waals surface area contributed by atoms with Gasteiger partial charge in [-0.3, -0.25) is 9.48 Å². The van der Waals surface area contributed by atoms with E-state index in [1.54, 1.807) is 18.0 Å². The van der Waals surface area contributed by atoms with E-state index < -0.39 is 0 Å². The van der Waals surface area contributed by atoms with Crippen molar-refractivity contribution in [2.45, 2.75) is 19.8 Å². The highest BCUT2D eigenvalue weighted by Crippen LogP contribution is 2.19. The molecule has 19 heavy (non-hydrogen) atoms. The molecule has 0 fully saturated rings. The third kappa shape index (κ3) is 3.02. The summed E-state index contributed by atoms with van der Waals surface area (Å²) in [6, 6.07) is 7.47. The summed E-state index contributed by atoms with van der Waals surface area (Å²) in [7, 11) is 3.52. The lowest BCUT2D eigenvalue weighted by Crippen LogP contribution is -2.05. The predicted molar refractivity (Wildman–Crippen MR) is 73.6 cm³/mol. The summed E-state index contributed by atoms with van der Waals surface area (Å²) < 4.78 is 6.99. The van der Waals surface area contributed by atoms with Gasteiger partial charge in [0.05, 0.1) is 7.11 Å². The molecule has 4 heteroatoms. The minimum absolute atomic E-state index is 0.145. The summed E-state index contributed by atoms with van der Waals surface area (Å²) >= 11 is 0. The van der Waals surface area contributed by atoms with E-state index in [9.17, 15) is 4.79 Å². The van der Waals surface area contributed by atoms with Crippen LogP contribution in [0.5, 0.6) is 5.75 Å². The van der Waals surface area contributed by atoms with Crippen molar-refractivity contribution < 1.29 is 9.53 Å². The predicted octanol–water partition coefficient (Wildman–Crippen LogP) is 2.55. The topological polar surface area (TPSA) is 44.1 Å². The number of Topliss-reactive ketones (excluding diaryl/α,β-unsaturated/α-hetero) is 1. The van der Waals surface area contributed by atoms with Gasteiger partial charge in [-0.2, -0.15) is 5.10 Å². The summed E-state index contributed by atoms with van der Waals surface area (Å²) in [5, 5.41) is 4.09. The average Bonchev–Trinajstić information content (AvgIpc) is 2.81. The van der Waals surface area contributed by atoms with E-state index >= 15 is 0 Å². The van der Waals surface area contributed by atoms with Gasteiger partial charge in [-0.05, 0) is 43.2 Å². The van der Waals surface area contributed by atoms with Crippen LogP contribution in [0, 0.1) is 6.92 Å². The third-order valence-electron chi connectivity index (χ3n) is 3.25. The molecule has 0 amide bonds. The Balaban J connectivity index is 2.04. The minimum atomic E-state index is 0.145. The molecule has 0 radical (unpaired) electrons. The second-order valence-electron chi connectivity index (χ2n) is 4.55. The van der Waals surface area contributed by atoms with Crippen LogP contribution >= 0.6 is 0 Å². The highest BCUT2D eigenvalue weighted by molar-refractivity contribution is 5.96. The van der Waals surface area contributed by atoms with Crippen LogP contribution in [0.3, 0.4) is 0 Å². The minimum Gasteiger partial charge on any atom is -0.496 e. The molecule has 0 N–H and O–H groups in total. The fraction of sp³-hybridized carbons (Fsp3) is 0.333. The Labute approximate surface area is 113 Å². The zero-order valence-electron chi connectivity index (χ0n) is 11.5. The summed E-state index contributed by atoms with van der Waals surface area (Å²) in [5.41, 5.74) is 2.79. The quantitative estimate of drug-likeness (QED) is 0.774. The SMILES string of the molecule is COc1ccc(C(=O)CCc2ccnn2C)cc1C. The van der Waals surface area contributed by atoms with Crippen molar-refractivity contribution in [3.05, 3.63) is 47.3 Å². The number of carbonyl (C=O) groups is 1. The average molecular weight is 258 g/mol. The van der Waals surface area contributed by atoms with E-state index in [0.29, 0.717) is 12.8 Å². The largest absolute Gasteiger partial charge is 0.496 e. The second kappa shape index (κ2) is 5.69. The van der Waals surface area contributed by atoms with Crippen LogP contribution < -0.4 is 4.74 Å². The summed E-state index contributed by atoms with van der Waals surface area (Å²) in [6.45, 7) is 1.94. The van der Waals surface area contributed by atoms with Crippen LogP contribution in [-0.4, -0.2) is 22.7 Å². The van der Waals surface area contributed by atoms with Gasteiger partial charge < -0.3 is 4.74 Å². The standard InChI is InChI=1S/C15H18N2O2/c1-11-10-12(4-7-15(11)19-3)14(18)6-5-13-8-9-16-17(13)2/h4,7-10H,5-6H2,1-3H3. The van der Waals surface area contributed by atoms with E-state index in [2.05, 4.69) is 5.10 Å². The van der Waals surface area contributed by atoms with Crippen molar-refractivity contribution in [1.82, 2.24) is 9.78 Å². The van der Waals surface area contributed by atoms with Gasteiger partial charge in [-0.25, -0.2) is 0 Å². The molecule has 0 spiro atoms. The van der Waals surface area contributed by atoms with Gasteiger partial charge in [-0.1, -0.05) is 0 Å². The molecule has 0 unspecified atom stereocenters. The molecule has 2 aromatic rings. The summed E-state index contributed by atoms with van der Waals surface area (Å²) in [5.74, 6) is 0.954. The van der Waals surface area contributed by atoms with Crippen molar-refractivity contribution in [1.29, 1.82) is 0 Å². The Morgan fingerprint density at radius 2 is 2.16 bits per heavy atom. The lowest BCUT2D eigenvalue weighted by molar-refractivity contribution is 0.0982. The van der Waals surface area contributed by atoms with Crippen molar-refractivity contribution in [2.24, 2.45) is 7.05 Å². The Bertz CT molecular complexity index is 588. The lowest BCUT2D eigenvalue weighted by atomic mass is 10.0. The molecule has 1 aromatic carbocycles. The third-order valence-corrected chi connectivity index (χ3v) is 3.25. The van der Waals surface area contributed by atoms with Crippen LogP contribution in [0.4, 0.5) is 0 Å². The molecule has 0 aliphatic rings. The smallest absolute Gasteiger partial charge is 0.163 e. The number of methoxy groups -OCH3 is 1. The zero-order chi connectivity index (χ0) is 13.8. The van der Waals surface area contributed by atoms with Gasteiger partial charge in [0.15, 0.2) is 5.78 Å². The van der Waals surface area contributed by atoms with Gasteiger partial charge in [0.2, 0.25) is 0 Å². The Hall–Kier alpha value is -2.10. The number of aryl methyl sites for hydroxylation is 3. The van der Waals surface area contributed by atoms with E-state index in [0.717, 1.165) is 22.6 Å².